The average molecular weight is 275 g/mol. The fourth-order valence-corrected chi connectivity index (χ4v) is 1.60. The van der Waals surface area contributed by atoms with E-state index in [1.807, 2.05) is 19.9 Å². The fourth-order valence-electron chi connectivity index (χ4n) is 1.60. The van der Waals surface area contributed by atoms with Crippen molar-refractivity contribution in [1.29, 1.82) is 5.26 Å². The lowest BCUT2D eigenvalue weighted by molar-refractivity contribution is -0.123. The van der Waals surface area contributed by atoms with Crippen molar-refractivity contribution < 1.29 is 9.59 Å². The molecule has 0 saturated heterocycles. The molecule has 0 fully saturated rings. The first-order chi connectivity index (χ1) is 9.54. The van der Waals surface area contributed by atoms with E-state index in [9.17, 15) is 9.59 Å². The first-order valence-corrected chi connectivity index (χ1v) is 6.26. The second-order valence-electron chi connectivity index (χ2n) is 4.62. The molecule has 0 saturated carbocycles. The number of amides is 2. The fraction of sp³-hybridized carbons (Fsp3) is 0.462. The minimum atomic E-state index is -0.696. The molecule has 0 aliphatic carbocycles. The molecule has 7 nitrogen and oxygen atoms in total. The van der Waals surface area contributed by atoms with Gasteiger partial charge in [0.05, 0.1) is 12.3 Å². The Hall–Kier alpha value is -2.49. The van der Waals surface area contributed by atoms with E-state index >= 15 is 0 Å². The predicted molar refractivity (Wildman–Crippen MR) is 71.4 cm³/mol. The second kappa shape index (κ2) is 7.84. The summed E-state index contributed by atoms with van der Waals surface area (Å²) in [5.74, 6) is -0.622. The molecule has 0 aliphatic heterocycles. The molecule has 0 aromatic carbocycles. The van der Waals surface area contributed by atoms with Crippen molar-refractivity contribution in [3.8, 4) is 6.07 Å². The van der Waals surface area contributed by atoms with Gasteiger partial charge in [-0.15, -0.1) is 0 Å². The van der Waals surface area contributed by atoms with Crippen molar-refractivity contribution >= 4 is 11.8 Å². The molecule has 1 aromatic rings. The van der Waals surface area contributed by atoms with E-state index in [1.54, 1.807) is 0 Å². The van der Waals surface area contributed by atoms with E-state index in [1.165, 1.54) is 18.6 Å². The largest absolute Gasteiger partial charge is 0.341 e. The molecular weight excluding hydrogens is 258 g/mol. The Morgan fingerprint density at radius 3 is 2.70 bits per heavy atom. The van der Waals surface area contributed by atoms with Crippen molar-refractivity contribution in [2.24, 2.45) is 5.92 Å². The van der Waals surface area contributed by atoms with Crippen molar-refractivity contribution in [2.45, 2.75) is 26.3 Å². The third kappa shape index (κ3) is 5.02. The minimum absolute atomic E-state index is 0.0888. The van der Waals surface area contributed by atoms with Crippen LogP contribution in [0.4, 0.5) is 0 Å². The molecular formula is C13H17N5O2. The van der Waals surface area contributed by atoms with Crippen molar-refractivity contribution in [1.82, 2.24) is 20.6 Å². The summed E-state index contributed by atoms with van der Waals surface area (Å²) in [7, 11) is 0. The van der Waals surface area contributed by atoms with Gasteiger partial charge in [-0.2, -0.15) is 5.26 Å². The molecule has 20 heavy (non-hydrogen) atoms. The van der Waals surface area contributed by atoms with E-state index in [-0.39, 0.29) is 24.1 Å². The van der Waals surface area contributed by atoms with Gasteiger partial charge in [0.25, 0.3) is 5.91 Å². The Balaban J connectivity index is 2.72. The molecule has 0 aliphatic rings. The molecule has 1 rings (SSSR count). The minimum Gasteiger partial charge on any atom is -0.341 e. The van der Waals surface area contributed by atoms with Crippen LogP contribution in [0.25, 0.3) is 0 Å². The summed E-state index contributed by atoms with van der Waals surface area (Å²) in [4.78, 5) is 31.5. The Morgan fingerprint density at radius 1 is 1.40 bits per heavy atom. The van der Waals surface area contributed by atoms with Crippen LogP contribution >= 0.6 is 0 Å². The standard InChI is InChI=1S/C13H17N5O2/c1-9(2)7-10(12(19)17-4-3-14)18-13(20)11-8-15-5-6-16-11/h5-6,8-10H,4,7H2,1-2H3,(H,17,19)(H,18,20)/t10-/m0/s1. The van der Waals surface area contributed by atoms with E-state index < -0.39 is 11.9 Å². The molecule has 2 N–H and O–H groups in total. The normalized spacial score (nSPS) is 11.5. The topological polar surface area (TPSA) is 108 Å². The van der Waals surface area contributed by atoms with Crippen molar-refractivity contribution in [3.63, 3.8) is 0 Å². The Bertz CT molecular complexity index is 495. The quantitative estimate of drug-likeness (QED) is 0.724. The first kappa shape index (κ1) is 15.6. The summed E-state index contributed by atoms with van der Waals surface area (Å²) in [5.41, 5.74) is 0.148. The zero-order chi connectivity index (χ0) is 15.0. The van der Waals surface area contributed by atoms with Gasteiger partial charge in [0, 0.05) is 12.4 Å². The third-order valence-corrected chi connectivity index (χ3v) is 2.47. The third-order valence-electron chi connectivity index (χ3n) is 2.47. The molecule has 0 radical (unpaired) electrons. The van der Waals surface area contributed by atoms with Crippen LogP contribution in [0.3, 0.4) is 0 Å². The van der Waals surface area contributed by atoms with Gasteiger partial charge in [-0.05, 0) is 12.3 Å². The van der Waals surface area contributed by atoms with E-state index in [0.717, 1.165) is 0 Å². The maximum Gasteiger partial charge on any atom is 0.272 e. The number of aromatic nitrogens is 2. The van der Waals surface area contributed by atoms with Gasteiger partial charge in [-0.25, -0.2) is 4.98 Å². The van der Waals surface area contributed by atoms with Gasteiger partial charge in [-0.3, -0.25) is 14.6 Å². The van der Waals surface area contributed by atoms with Crippen LogP contribution in [-0.2, 0) is 4.79 Å². The lowest BCUT2D eigenvalue weighted by atomic mass is 10.0. The highest BCUT2D eigenvalue weighted by atomic mass is 16.2. The number of hydrogen-bond acceptors (Lipinski definition) is 5. The zero-order valence-electron chi connectivity index (χ0n) is 11.5. The van der Waals surface area contributed by atoms with Gasteiger partial charge in [0.15, 0.2) is 0 Å². The smallest absolute Gasteiger partial charge is 0.272 e. The highest BCUT2D eigenvalue weighted by Gasteiger charge is 2.22. The van der Waals surface area contributed by atoms with Crippen molar-refractivity contribution in [2.75, 3.05) is 6.54 Å². The number of nitriles is 1. The number of carbonyl (C=O) groups excluding carboxylic acids is 2. The highest BCUT2D eigenvalue weighted by Crippen LogP contribution is 2.06. The Labute approximate surface area is 117 Å². The summed E-state index contributed by atoms with van der Waals surface area (Å²) in [5, 5.41) is 13.5. The Morgan fingerprint density at radius 2 is 2.15 bits per heavy atom. The van der Waals surface area contributed by atoms with Crippen LogP contribution in [0.5, 0.6) is 0 Å². The number of rotatable bonds is 6. The SMILES string of the molecule is CC(C)C[C@H](NC(=O)c1cnccn1)C(=O)NCC#N. The molecule has 106 valence electrons. The second-order valence-corrected chi connectivity index (χ2v) is 4.62. The van der Waals surface area contributed by atoms with Gasteiger partial charge < -0.3 is 10.6 Å². The average Bonchev–Trinajstić information content (AvgIpc) is 2.44. The van der Waals surface area contributed by atoms with Crippen LogP contribution in [-0.4, -0.2) is 34.4 Å². The highest BCUT2D eigenvalue weighted by molar-refractivity contribution is 5.95. The molecule has 0 spiro atoms. The number of carbonyl (C=O) groups is 2. The van der Waals surface area contributed by atoms with E-state index in [4.69, 9.17) is 5.26 Å². The molecule has 1 atom stereocenters. The summed E-state index contributed by atoms with van der Waals surface area (Å²) >= 11 is 0. The lowest BCUT2D eigenvalue weighted by Crippen LogP contribution is -2.47. The van der Waals surface area contributed by atoms with Crippen LogP contribution in [0.1, 0.15) is 30.8 Å². The maximum absolute atomic E-state index is 12.0. The van der Waals surface area contributed by atoms with Crippen LogP contribution < -0.4 is 10.6 Å². The van der Waals surface area contributed by atoms with E-state index in [0.29, 0.717) is 6.42 Å². The van der Waals surface area contributed by atoms with E-state index in [2.05, 4.69) is 20.6 Å². The maximum atomic E-state index is 12.0. The van der Waals surface area contributed by atoms with Crippen LogP contribution in [0.15, 0.2) is 18.6 Å². The summed E-state index contributed by atoms with van der Waals surface area (Å²) in [6, 6.07) is 1.13. The molecule has 1 heterocycles. The number of nitrogens with zero attached hydrogens (tertiary/aromatic N) is 3. The van der Waals surface area contributed by atoms with Gasteiger partial charge in [0.1, 0.15) is 18.3 Å². The molecule has 0 unspecified atom stereocenters. The number of hydrogen-bond donors (Lipinski definition) is 2. The van der Waals surface area contributed by atoms with Crippen molar-refractivity contribution in [3.05, 3.63) is 24.3 Å². The first-order valence-electron chi connectivity index (χ1n) is 6.26. The molecule has 7 heteroatoms. The number of nitrogens with one attached hydrogen (secondary N) is 2. The van der Waals surface area contributed by atoms with Crippen LogP contribution in [0.2, 0.25) is 0 Å². The molecule has 0 bridgehead atoms. The van der Waals surface area contributed by atoms with Gasteiger partial charge in [0.2, 0.25) is 5.91 Å². The predicted octanol–water partition coefficient (Wildman–Crippen LogP) is 0.261. The summed E-state index contributed by atoms with van der Waals surface area (Å²) in [6.45, 7) is 3.80. The van der Waals surface area contributed by atoms with Gasteiger partial charge in [-0.1, -0.05) is 13.8 Å². The lowest BCUT2D eigenvalue weighted by Gasteiger charge is -2.19. The monoisotopic (exact) mass is 275 g/mol. The van der Waals surface area contributed by atoms with Crippen LogP contribution in [0, 0.1) is 17.2 Å². The molecule has 1 aromatic heterocycles. The zero-order valence-corrected chi connectivity index (χ0v) is 11.5. The summed E-state index contributed by atoms with van der Waals surface area (Å²) < 4.78 is 0. The summed E-state index contributed by atoms with van der Waals surface area (Å²) in [6.07, 6.45) is 4.67. The van der Waals surface area contributed by atoms with Gasteiger partial charge >= 0.3 is 0 Å². The molecule has 2 amide bonds. The Kier molecular flexibility index (Phi) is 6.10.